The van der Waals surface area contributed by atoms with Gasteiger partial charge in [-0.25, -0.2) is 0 Å². The summed E-state index contributed by atoms with van der Waals surface area (Å²) in [6.07, 6.45) is 6.02. The number of hydrogen-bond acceptors (Lipinski definition) is 4. The molecular formula is C18H23N5O. The van der Waals surface area contributed by atoms with Gasteiger partial charge in [-0.2, -0.15) is 0 Å². The topological polar surface area (TPSA) is 70.0 Å². The molecule has 1 fully saturated rings. The molecule has 1 atom stereocenters. The molecule has 1 aliphatic rings. The second-order valence-electron chi connectivity index (χ2n) is 6.93. The van der Waals surface area contributed by atoms with Crippen LogP contribution in [-0.4, -0.2) is 48.4 Å². The number of fused-ring (bicyclic) bond motifs is 1. The van der Waals surface area contributed by atoms with Crippen molar-refractivity contribution in [2.75, 3.05) is 13.1 Å². The average Bonchev–Trinajstić information content (AvgIpc) is 3.17. The van der Waals surface area contributed by atoms with Gasteiger partial charge >= 0.3 is 0 Å². The second-order valence-corrected chi connectivity index (χ2v) is 6.93. The molecule has 3 aromatic rings. The quantitative estimate of drug-likeness (QED) is 0.768. The lowest BCUT2D eigenvalue weighted by atomic mass is 9.89. The van der Waals surface area contributed by atoms with Gasteiger partial charge in [0, 0.05) is 38.3 Å². The van der Waals surface area contributed by atoms with Crippen LogP contribution >= 0.6 is 0 Å². The van der Waals surface area contributed by atoms with Crippen molar-refractivity contribution in [3.05, 3.63) is 48.2 Å². The van der Waals surface area contributed by atoms with Crippen molar-refractivity contribution in [3.63, 3.8) is 0 Å². The third-order valence-corrected chi connectivity index (χ3v) is 4.99. The molecule has 2 aromatic heterocycles. The highest BCUT2D eigenvalue weighted by Gasteiger charge is 2.34. The smallest absolute Gasteiger partial charge is 0.135 e. The molecule has 0 saturated carbocycles. The van der Waals surface area contributed by atoms with Gasteiger partial charge in [0.2, 0.25) is 0 Å². The van der Waals surface area contributed by atoms with E-state index in [0.29, 0.717) is 13.0 Å². The lowest BCUT2D eigenvalue weighted by Gasteiger charge is -2.39. The van der Waals surface area contributed by atoms with Crippen molar-refractivity contribution in [1.29, 1.82) is 0 Å². The van der Waals surface area contributed by atoms with E-state index >= 15 is 0 Å². The molecule has 0 spiro atoms. The van der Waals surface area contributed by atoms with Crippen molar-refractivity contribution in [3.8, 4) is 0 Å². The fraction of sp³-hybridized carbons (Fsp3) is 0.444. The molecule has 1 aromatic carbocycles. The van der Waals surface area contributed by atoms with Gasteiger partial charge in [0.1, 0.15) is 12.2 Å². The molecule has 4 rings (SSSR count). The summed E-state index contributed by atoms with van der Waals surface area (Å²) in [6, 6.07) is 8.48. The number of para-hydroxylation sites is 1. The van der Waals surface area contributed by atoms with Crippen LogP contribution in [0.15, 0.2) is 36.8 Å². The number of hydrogen-bond donors (Lipinski definition) is 2. The molecule has 3 heterocycles. The standard InChI is InChI=1S/C18H23N5O/c1-22-13-20-21-16(22)10-18(24)7-3-9-23(12-18)11-15-5-2-4-14-6-8-19-17(14)15/h2,4-6,8,13,19,24H,3,7,9-12H2,1H3. The van der Waals surface area contributed by atoms with Crippen molar-refractivity contribution < 1.29 is 5.11 Å². The lowest BCUT2D eigenvalue weighted by Crippen LogP contribution is -2.49. The molecule has 6 heteroatoms. The van der Waals surface area contributed by atoms with E-state index < -0.39 is 5.60 Å². The fourth-order valence-corrected chi connectivity index (χ4v) is 3.77. The Hall–Kier alpha value is -2.18. The van der Waals surface area contributed by atoms with E-state index in [0.717, 1.165) is 31.8 Å². The summed E-state index contributed by atoms with van der Waals surface area (Å²) in [5, 5.41) is 20.3. The first-order chi connectivity index (χ1) is 11.6. The average molecular weight is 325 g/mol. The van der Waals surface area contributed by atoms with Crippen LogP contribution < -0.4 is 0 Å². The summed E-state index contributed by atoms with van der Waals surface area (Å²) < 4.78 is 1.89. The molecule has 0 amide bonds. The van der Waals surface area contributed by atoms with E-state index in [1.165, 1.54) is 16.5 Å². The summed E-state index contributed by atoms with van der Waals surface area (Å²) in [4.78, 5) is 5.67. The van der Waals surface area contributed by atoms with E-state index in [1.807, 2.05) is 17.8 Å². The van der Waals surface area contributed by atoms with Gasteiger partial charge in [-0.1, -0.05) is 18.2 Å². The van der Waals surface area contributed by atoms with Crippen LogP contribution in [0.5, 0.6) is 0 Å². The molecule has 1 unspecified atom stereocenters. The van der Waals surface area contributed by atoms with E-state index in [2.05, 4.69) is 44.3 Å². The predicted octanol–water partition coefficient (Wildman–Crippen LogP) is 1.87. The first-order valence-corrected chi connectivity index (χ1v) is 8.46. The molecule has 24 heavy (non-hydrogen) atoms. The van der Waals surface area contributed by atoms with Crippen molar-refractivity contribution in [2.24, 2.45) is 7.05 Å². The largest absolute Gasteiger partial charge is 0.388 e. The summed E-state index contributed by atoms with van der Waals surface area (Å²) in [6.45, 7) is 2.52. The van der Waals surface area contributed by atoms with E-state index in [9.17, 15) is 5.11 Å². The molecule has 6 nitrogen and oxygen atoms in total. The normalized spacial score (nSPS) is 22.2. The van der Waals surface area contributed by atoms with Gasteiger partial charge in [0.05, 0.1) is 5.60 Å². The zero-order valence-corrected chi connectivity index (χ0v) is 13.9. The minimum Gasteiger partial charge on any atom is -0.388 e. The van der Waals surface area contributed by atoms with Gasteiger partial charge in [-0.3, -0.25) is 4.90 Å². The highest BCUT2D eigenvalue weighted by Crippen LogP contribution is 2.27. The minimum atomic E-state index is -0.733. The van der Waals surface area contributed by atoms with Crippen LogP contribution in [0.4, 0.5) is 0 Å². The van der Waals surface area contributed by atoms with Crippen molar-refractivity contribution >= 4 is 10.9 Å². The van der Waals surface area contributed by atoms with Gasteiger partial charge < -0.3 is 14.7 Å². The second kappa shape index (κ2) is 6.03. The number of aromatic nitrogens is 4. The third kappa shape index (κ3) is 2.95. The molecule has 0 bridgehead atoms. The molecule has 126 valence electrons. The number of nitrogens with zero attached hydrogens (tertiary/aromatic N) is 4. The first kappa shape index (κ1) is 15.4. The first-order valence-electron chi connectivity index (χ1n) is 8.46. The zero-order chi connectivity index (χ0) is 16.6. The summed E-state index contributed by atoms with van der Waals surface area (Å²) in [5.41, 5.74) is 1.74. The predicted molar refractivity (Wildman–Crippen MR) is 92.5 cm³/mol. The maximum atomic E-state index is 11.1. The lowest BCUT2D eigenvalue weighted by molar-refractivity contribution is -0.0343. The van der Waals surface area contributed by atoms with E-state index in [-0.39, 0.29) is 0 Å². The van der Waals surface area contributed by atoms with E-state index in [1.54, 1.807) is 6.33 Å². The Morgan fingerprint density at radius 2 is 2.25 bits per heavy atom. The SMILES string of the molecule is Cn1cnnc1CC1(O)CCCN(Cc2cccc3cc[nH]c23)C1. The molecule has 2 N–H and O–H groups in total. The number of benzene rings is 1. The highest BCUT2D eigenvalue weighted by atomic mass is 16.3. The Kier molecular flexibility index (Phi) is 3.86. The van der Waals surface area contributed by atoms with Gasteiger partial charge in [-0.15, -0.1) is 10.2 Å². The number of β-amino-alcohol motifs (C(OH)–C–C–N with tert-alkyl or cyclic N) is 1. The number of nitrogens with one attached hydrogen (secondary N) is 1. The van der Waals surface area contributed by atoms with Crippen molar-refractivity contribution in [1.82, 2.24) is 24.6 Å². The summed E-state index contributed by atoms with van der Waals surface area (Å²) in [5.74, 6) is 0.839. The number of rotatable bonds is 4. The van der Waals surface area contributed by atoms with Crippen LogP contribution in [0.1, 0.15) is 24.2 Å². The Bertz CT molecular complexity index is 839. The van der Waals surface area contributed by atoms with Gasteiger partial charge in [-0.05, 0) is 36.4 Å². The molecule has 1 saturated heterocycles. The van der Waals surface area contributed by atoms with Crippen LogP contribution in [0, 0.1) is 0 Å². The Balaban J connectivity index is 1.50. The van der Waals surface area contributed by atoms with Crippen LogP contribution in [0.3, 0.4) is 0 Å². The van der Waals surface area contributed by atoms with Crippen LogP contribution in [-0.2, 0) is 20.0 Å². The maximum Gasteiger partial charge on any atom is 0.135 e. The molecule has 0 aliphatic carbocycles. The molecular weight excluding hydrogens is 302 g/mol. The third-order valence-electron chi connectivity index (χ3n) is 4.99. The Labute approximate surface area is 141 Å². The number of H-pyrrole nitrogens is 1. The maximum absolute atomic E-state index is 11.1. The van der Waals surface area contributed by atoms with Crippen LogP contribution in [0.2, 0.25) is 0 Å². The molecule has 1 aliphatic heterocycles. The zero-order valence-electron chi connectivity index (χ0n) is 13.9. The number of aliphatic hydroxyl groups is 1. The Morgan fingerprint density at radius 3 is 3.08 bits per heavy atom. The van der Waals surface area contributed by atoms with Crippen LogP contribution in [0.25, 0.3) is 10.9 Å². The van der Waals surface area contributed by atoms with Crippen molar-refractivity contribution in [2.45, 2.75) is 31.4 Å². The van der Waals surface area contributed by atoms with Gasteiger partial charge in [0.15, 0.2) is 0 Å². The minimum absolute atomic E-state index is 0.548. The number of likely N-dealkylation sites (tertiary alicyclic amines) is 1. The Morgan fingerprint density at radius 1 is 1.33 bits per heavy atom. The summed E-state index contributed by atoms with van der Waals surface area (Å²) >= 11 is 0. The number of piperidine rings is 1. The van der Waals surface area contributed by atoms with Gasteiger partial charge in [0.25, 0.3) is 0 Å². The molecule has 0 radical (unpaired) electrons. The highest BCUT2D eigenvalue weighted by molar-refractivity contribution is 5.82. The summed E-state index contributed by atoms with van der Waals surface area (Å²) in [7, 11) is 1.92. The monoisotopic (exact) mass is 325 g/mol. The number of aromatic amines is 1. The van der Waals surface area contributed by atoms with E-state index in [4.69, 9.17) is 0 Å². The fourth-order valence-electron chi connectivity index (χ4n) is 3.77. The number of aryl methyl sites for hydroxylation is 1.